The van der Waals surface area contributed by atoms with Crippen LogP contribution in [-0.4, -0.2) is 12.6 Å². The quantitative estimate of drug-likeness (QED) is 0.760. The third kappa shape index (κ3) is 3.22. The number of halogens is 1. The Labute approximate surface area is 121 Å². The van der Waals surface area contributed by atoms with E-state index in [1.54, 1.807) is 0 Å². The molecular weight excluding hydrogens is 256 g/mol. The molecule has 0 aromatic heterocycles. The summed E-state index contributed by atoms with van der Waals surface area (Å²) in [7, 11) is 0. The molecule has 1 saturated heterocycles. The molecule has 0 saturated carbocycles. The zero-order valence-corrected chi connectivity index (χ0v) is 12.3. The highest BCUT2D eigenvalue weighted by Gasteiger charge is 2.23. The van der Waals surface area contributed by atoms with Crippen molar-refractivity contribution >= 4 is 17.3 Å². The molecule has 0 bridgehead atoms. The maximum atomic E-state index is 9.37. The fourth-order valence-corrected chi connectivity index (χ4v) is 3.12. The lowest BCUT2D eigenvalue weighted by atomic mass is 9.96. The maximum absolute atomic E-state index is 9.37. The van der Waals surface area contributed by atoms with Crippen LogP contribution in [0.25, 0.3) is 0 Å². The third-order valence-electron chi connectivity index (χ3n) is 3.89. The summed E-state index contributed by atoms with van der Waals surface area (Å²) in [6, 6.07) is 8.97. The summed E-state index contributed by atoms with van der Waals surface area (Å²) in [6.07, 6.45) is 6.19. The molecule has 1 heterocycles. The molecule has 0 N–H and O–H groups in total. The Morgan fingerprint density at radius 1 is 1.42 bits per heavy atom. The van der Waals surface area contributed by atoms with Crippen LogP contribution in [0.2, 0.25) is 0 Å². The summed E-state index contributed by atoms with van der Waals surface area (Å²) in [5.74, 6) is 0.466. The second-order valence-corrected chi connectivity index (χ2v) is 5.50. The van der Waals surface area contributed by atoms with Crippen LogP contribution in [-0.2, 0) is 5.88 Å². The molecule has 1 fully saturated rings. The van der Waals surface area contributed by atoms with Gasteiger partial charge in [-0.3, -0.25) is 0 Å². The van der Waals surface area contributed by atoms with Gasteiger partial charge < -0.3 is 4.90 Å². The molecule has 1 unspecified atom stereocenters. The molecule has 1 aliphatic rings. The van der Waals surface area contributed by atoms with Crippen LogP contribution >= 0.6 is 11.6 Å². The van der Waals surface area contributed by atoms with Gasteiger partial charge in [-0.2, -0.15) is 5.26 Å². The number of benzene rings is 1. The predicted octanol–water partition coefficient (Wildman–Crippen LogP) is 4.46. The number of hydrogen-bond donors (Lipinski definition) is 0. The van der Waals surface area contributed by atoms with E-state index in [1.165, 1.54) is 32.1 Å². The van der Waals surface area contributed by atoms with Gasteiger partial charge in [0.25, 0.3) is 0 Å². The standard InChI is InChI=1S/C16H21ClN2/c1-2-5-15-6-3-4-9-19(15)16-8-7-13(11-17)10-14(16)12-18/h7-8,10,15H,2-6,9,11H2,1H3. The number of piperidine rings is 1. The third-order valence-corrected chi connectivity index (χ3v) is 4.20. The highest BCUT2D eigenvalue weighted by atomic mass is 35.5. The Morgan fingerprint density at radius 3 is 2.95 bits per heavy atom. The SMILES string of the molecule is CCCC1CCCCN1c1ccc(CCl)cc1C#N. The maximum Gasteiger partial charge on any atom is 0.101 e. The van der Waals surface area contributed by atoms with Crippen molar-refractivity contribution in [2.75, 3.05) is 11.4 Å². The summed E-state index contributed by atoms with van der Waals surface area (Å²) in [6.45, 7) is 3.30. The molecule has 19 heavy (non-hydrogen) atoms. The molecule has 0 amide bonds. The molecule has 2 nitrogen and oxygen atoms in total. The number of alkyl halides is 1. The number of hydrogen-bond acceptors (Lipinski definition) is 2. The van der Waals surface area contributed by atoms with E-state index in [0.717, 1.165) is 23.4 Å². The Balaban J connectivity index is 2.30. The smallest absolute Gasteiger partial charge is 0.101 e. The van der Waals surface area contributed by atoms with Gasteiger partial charge in [-0.1, -0.05) is 19.4 Å². The van der Waals surface area contributed by atoms with Crippen LogP contribution in [0.15, 0.2) is 18.2 Å². The van der Waals surface area contributed by atoms with Gasteiger partial charge in [0.05, 0.1) is 11.3 Å². The second kappa shape index (κ2) is 6.82. The first-order chi connectivity index (χ1) is 9.30. The summed E-state index contributed by atoms with van der Waals surface area (Å²) < 4.78 is 0. The molecule has 1 aromatic carbocycles. The largest absolute Gasteiger partial charge is 0.367 e. The van der Waals surface area contributed by atoms with Crippen LogP contribution in [0.3, 0.4) is 0 Å². The predicted molar refractivity (Wildman–Crippen MR) is 80.6 cm³/mol. The van der Waals surface area contributed by atoms with Gasteiger partial charge in [-0.15, -0.1) is 11.6 Å². The minimum atomic E-state index is 0.466. The molecular formula is C16H21ClN2. The summed E-state index contributed by atoms with van der Waals surface area (Å²) in [4.78, 5) is 2.43. The van der Waals surface area contributed by atoms with Crippen molar-refractivity contribution in [3.05, 3.63) is 29.3 Å². The number of rotatable bonds is 4. The van der Waals surface area contributed by atoms with E-state index in [0.29, 0.717) is 11.9 Å². The zero-order valence-electron chi connectivity index (χ0n) is 11.5. The fourth-order valence-electron chi connectivity index (χ4n) is 2.96. The van der Waals surface area contributed by atoms with Gasteiger partial charge in [0, 0.05) is 18.5 Å². The Hall–Kier alpha value is -1.20. The van der Waals surface area contributed by atoms with E-state index >= 15 is 0 Å². The molecule has 0 aliphatic carbocycles. The Bertz CT molecular complexity index is 462. The average molecular weight is 277 g/mol. The van der Waals surface area contributed by atoms with Crippen molar-refractivity contribution in [2.24, 2.45) is 0 Å². The van der Waals surface area contributed by atoms with Crippen molar-refractivity contribution < 1.29 is 0 Å². The molecule has 102 valence electrons. The van der Waals surface area contributed by atoms with E-state index in [-0.39, 0.29) is 0 Å². The summed E-state index contributed by atoms with van der Waals surface area (Å²) in [5.41, 5.74) is 2.88. The van der Waals surface area contributed by atoms with Crippen molar-refractivity contribution in [2.45, 2.75) is 50.9 Å². The van der Waals surface area contributed by atoms with E-state index in [4.69, 9.17) is 11.6 Å². The second-order valence-electron chi connectivity index (χ2n) is 5.23. The monoisotopic (exact) mass is 276 g/mol. The molecule has 1 atom stereocenters. The number of nitriles is 1. The summed E-state index contributed by atoms with van der Waals surface area (Å²) in [5, 5.41) is 9.37. The average Bonchev–Trinajstić information content (AvgIpc) is 2.47. The van der Waals surface area contributed by atoms with E-state index in [1.807, 2.05) is 12.1 Å². The van der Waals surface area contributed by atoms with Crippen LogP contribution in [0.4, 0.5) is 5.69 Å². The van der Waals surface area contributed by atoms with Gasteiger partial charge in [-0.25, -0.2) is 0 Å². The van der Waals surface area contributed by atoms with E-state index < -0.39 is 0 Å². The fraction of sp³-hybridized carbons (Fsp3) is 0.562. The lowest BCUT2D eigenvalue weighted by Crippen LogP contribution is -2.39. The van der Waals surface area contributed by atoms with Crippen LogP contribution in [0.5, 0.6) is 0 Å². The van der Waals surface area contributed by atoms with Crippen LogP contribution < -0.4 is 4.90 Å². The normalized spacial score (nSPS) is 19.2. The van der Waals surface area contributed by atoms with Gasteiger partial charge >= 0.3 is 0 Å². The Kier molecular flexibility index (Phi) is 5.10. The van der Waals surface area contributed by atoms with Crippen molar-refractivity contribution in [1.29, 1.82) is 5.26 Å². The van der Waals surface area contributed by atoms with Crippen molar-refractivity contribution in [3.8, 4) is 6.07 Å². The molecule has 0 radical (unpaired) electrons. The minimum absolute atomic E-state index is 0.466. The number of anilines is 1. The van der Waals surface area contributed by atoms with E-state index in [9.17, 15) is 5.26 Å². The van der Waals surface area contributed by atoms with Gasteiger partial charge in [0.1, 0.15) is 6.07 Å². The summed E-state index contributed by atoms with van der Waals surface area (Å²) >= 11 is 5.85. The van der Waals surface area contributed by atoms with E-state index in [2.05, 4.69) is 24.0 Å². The first-order valence-corrected chi connectivity index (χ1v) is 7.69. The molecule has 2 rings (SSSR count). The molecule has 1 aliphatic heterocycles. The van der Waals surface area contributed by atoms with Gasteiger partial charge in [0.15, 0.2) is 0 Å². The number of nitrogens with zero attached hydrogens (tertiary/aromatic N) is 2. The first kappa shape index (κ1) is 14.2. The first-order valence-electron chi connectivity index (χ1n) is 7.15. The lowest BCUT2D eigenvalue weighted by Gasteiger charge is -2.38. The highest BCUT2D eigenvalue weighted by molar-refractivity contribution is 6.17. The highest BCUT2D eigenvalue weighted by Crippen LogP contribution is 2.30. The molecule has 1 aromatic rings. The molecule has 3 heteroatoms. The van der Waals surface area contributed by atoms with Gasteiger partial charge in [0.2, 0.25) is 0 Å². The van der Waals surface area contributed by atoms with Crippen molar-refractivity contribution in [1.82, 2.24) is 0 Å². The lowest BCUT2D eigenvalue weighted by molar-refractivity contribution is 0.434. The van der Waals surface area contributed by atoms with Crippen molar-refractivity contribution in [3.63, 3.8) is 0 Å². The Morgan fingerprint density at radius 2 is 2.26 bits per heavy atom. The minimum Gasteiger partial charge on any atom is -0.367 e. The van der Waals surface area contributed by atoms with Crippen LogP contribution in [0, 0.1) is 11.3 Å². The zero-order chi connectivity index (χ0) is 13.7. The van der Waals surface area contributed by atoms with Gasteiger partial charge in [-0.05, 0) is 43.4 Å². The topological polar surface area (TPSA) is 27.0 Å². The van der Waals surface area contributed by atoms with Crippen LogP contribution in [0.1, 0.15) is 50.2 Å². The molecule has 0 spiro atoms.